The lowest BCUT2D eigenvalue weighted by atomic mass is 10.0. The monoisotopic (exact) mass is 509 g/mol. The van der Waals surface area contributed by atoms with Crippen molar-refractivity contribution in [2.24, 2.45) is 0 Å². The second kappa shape index (κ2) is 7.81. The van der Waals surface area contributed by atoms with E-state index in [9.17, 15) is 4.55 Å². The summed E-state index contributed by atoms with van der Waals surface area (Å²) in [6.45, 7) is 7.56. The summed E-state index contributed by atoms with van der Waals surface area (Å²) in [4.78, 5) is 11.4. The molecule has 0 aliphatic carbocycles. The Bertz CT molecular complexity index is 986. The SMILES string of the molecule is CC(C)(C)[S+]([O-])N[C@H]1CCN(c2ncc(I)c3nccn23)Cc2ccccc21. The van der Waals surface area contributed by atoms with Gasteiger partial charge in [0.15, 0.2) is 5.65 Å². The van der Waals surface area contributed by atoms with Gasteiger partial charge in [0.2, 0.25) is 5.95 Å². The first kappa shape index (κ1) is 19.9. The van der Waals surface area contributed by atoms with Crippen molar-refractivity contribution in [2.45, 2.75) is 44.5 Å². The van der Waals surface area contributed by atoms with Gasteiger partial charge in [-0.05, 0) is 60.9 Å². The van der Waals surface area contributed by atoms with Gasteiger partial charge < -0.3 is 9.45 Å². The summed E-state index contributed by atoms with van der Waals surface area (Å²) in [5.41, 5.74) is 3.37. The van der Waals surface area contributed by atoms with Gasteiger partial charge in [0.05, 0.1) is 9.61 Å². The molecule has 0 fully saturated rings. The van der Waals surface area contributed by atoms with Gasteiger partial charge in [0, 0.05) is 43.0 Å². The summed E-state index contributed by atoms with van der Waals surface area (Å²) in [7, 11) is 0. The van der Waals surface area contributed by atoms with Crippen LogP contribution in [0.15, 0.2) is 42.9 Å². The van der Waals surface area contributed by atoms with Crippen LogP contribution in [-0.2, 0) is 17.9 Å². The van der Waals surface area contributed by atoms with Crippen LogP contribution in [-0.4, -0.2) is 30.2 Å². The molecular weight excluding hydrogens is 485 g/mol. The minimum atomic E-state index is -1.12. The first-order valence-corrected chi connectivity index (χ1v) is 11.6. The lowest BCUT2D eigenvalue weighted by Gasteiger charge is -2.28. The van der Waals surface area contributed by atoms with Crippen molar-refractivity contribution in [3.05, 3.63) is 57.6 Å². The zero-order valence-corrected chi connectivity index (χ0v) is 19.2. The van der Waals surface area contributed by atoms with Gasteiger partial charge in [-0.15, -0.1) is 4.72 Å². The van der Waals surface area contributed by atoms with Gasteiger partial charge >= 0.3 is 0 Å². The van der Waals surface area contributed by atoms with Gasteiger partial charge in [-0.25, -0.2) is 9.97 Å². The Kier molecular flexibility index (Phi) is 5.56. The smallest absolute Gasteiger partial charge is 0.211 e. The summed E-state index contributed by atoms with van der Waals surface area (Å²) in [5.74, 6) is 0.889. The van der Waals surface area contributed by atoms with Gasteiger partial charge in [-0.1, -0.05) is 24.3 Å². The summed E-state index contributed by atoms with van der Waals surface area (Å²) in [6.07, 6.45) is 6.49. The van der Waals surface area contributed by atoms with Crippen molar-refractivity contribution in [1.29, 1.82) is 0 Å². The molecule has 148 valence electrons. The highest BCUT2D eigenvalue weighted by molar-refractivity contribution is 14.1. The van der Waals surface area contributed by atoms with Crippen molar-refractivity contribution in [3.63, 3.8) is 0 Å². The van der Waals surface area contributed by atoms with Crippen LogP contribution in [0.3, 0.4) is 0 Å². The summed E-state index contributed by atoms with van der Waals surface area (Å²) in [6, 6.07) is 8.46. The number of hydrogen-bond donors (Lipinski definition) is 1. The standard InChI is InChI=1S/C20H24IN5OS/c1-20(2,3)28(27)24-17-8-10-25(13-14-6-4-5-7-15(14)17)19-23-12-16(21)18-22-9-11-26(18)19/h4-7,9,11-12,17,24H,8,10,13H2,1-3H3/t17-,28?/m0/s1. The largest absolute Gasteiger partial charge is 0.598 e. The predicted molar refractivity (Wildman–Crippen MR) is 122 cm³/mol. The fraction of sp³-hybridized carbons (Fsp3) is 0.400. The Morgan fingerprint density at radius 2 is 2.04 bits per heavy atom. The van der Waals surface area contributed by atoms with E-state index in [0.717, 1.165) is 34.7 Å². The quantitative estimate of drug-likeness (QED) is 0.430. The van der Waals surface area contributed by atoms with Crippen LogP contribution in [0, 0.1) is 3.57 Å². The molecule has 1 aliphatic rings. The van der Waals surface area contributed by atoms with Crippen LogP contribution in [0.4, 0.5) is 5.95 Å². The Hall–Kier alpha value is -1.36. The molecule has 1 aromatic carbocycles. The fourth-order valence-corrected chi connectivity index (χ4v) is 4.85. The zero-order valence-electron chi connectivity index (χ0n) is 16.2. The van der Waals surface area contributed by atoms with Crippen LogP contribution >= 0.6 is 22.6 Å². The lowest BCUT2D eigenvalue weighted by Crippen LogP contribution is -2.41. The van der Waals surface area contributed by atoms with Crippen LogP contribution in [0.2, 0.25) is 0 Å². The second-order valence-corrected chi connectivity index (χ2v) is 11.1. The van der Waals surface area contributed by atoms with Gasteiger partial charge in [-0.3, -0.25) is 4.40 Å². The summed E-state index contributed by atoms with van der Waals surface area (Å²) in [5, 5.41) is 0. The molecule has 0 saturated carbocycles. The maximum absolute atomic E-state index is 12.7. The molecule has 3 aromatic rings. The number of hydrogen-bond acceptors (Lipinski definition) is 5. The number of nitrogens with zero attached hydrogens (tertiary/aromatic N) is 4. The average Bonchev–Trinajstić information content (AvgIpc) is 3.08. The Morgan fingerprint density at radius 1 is 1.25 bits per heavy atom. The molecule has 28 heavy (non-hydrogen) atoms. The van der Waals surface area contributed by atoms with Crippen molar-refractivity contribution in [2.75, 3.05) is 11.4 Å². The molecule has 6 nitrogen and oxygen atoms in total. The maximum Gasteiger partial charge on any atom is 0.211 e. The summed E-state index contributed by atoms with van der Waals surface area (Å²) < 4.78 is 18.9. The molecule has 0 amide bonds. The lowest BCUT2D eigenvalue weighted by molar-refractivity contribution is 0.514. The highest BCUT2D eigenvalue weighted by atomic mass is 127. The van der Waals surface area contributed by atoms with E-state index in [2.05, 4.69) is 61.5 Å². The third-order valence-corrected chi connectivity index (χ3v) is 7.30. The van der Waals surface area contributed by atoms with Crippen molar-refractivity contribution < 1.29 is 4.55 Å². The highest BCUT2D eigenvalue weighted by Gasteiger charge is 2.32. The predicted octanol–water partition coefficient (Wildman–Crippen LogP) is 3.84. The number of benzene rings is 1. The van der Waals surface area contributed by atoms with Crippen LogP contribution in [0.1, 0.15) is 44.4 Å². The first-order valence-electron chi connectivity index (χ1n) is 9.33. The zero-order chi connectivity index (χ0) is 19.9. The topological polar surface area (TPSA) is 68.5 Å². The van der Waals surface area contributed by atoms with Crippen molar-refractivity contribution >= 4 is 45.5 Å². The molecule has 1 aliphatic heterocycles. The van der Waals surface area contributed by atoms with E-state index in [1.165, 1.54) is 11.1 Å². The molecule has 4 rings (SSSR count). The van der Waals surface area contributed by atoms with E-state index in [4.69, 9.17) is 4.98 Å². The van der Waals surface area contributed by atoms with E-state index < -0.39 is 11.4 Å². The highest BCUT2D eigenvalue weighted by Crippen LogP contribution is 2.31. The number of nitrogens with one attached hydrogen (secondary N) is 1. The maximum atomic E-state index is 12.7. The number of imidazole rings is 1. The van der Waals surface area contributed by atoms with E-state index in [0.29, 0.717) is 0 Å². The van der Waals surface area contributed by atoms with Gasteiger partial charge in [0.25, 0.3) is 0 Å². The molecule has 3 heterocycles. The molecule has 1 N–H and O–H groups in total. The molecular formula is C20H24IN5OS. The molecule has 0 bridgehead atoms. The molecule has 8 heteroatoms. The van der Waals surface area contributed by atoms with Crippen molar-refractivity contribution in [3.8, 4) is 0 Å². The number of halogens is 1. The number of fused-ring (bicyclic) bond motifs is 2. The number of rotatable bonds is 3. The summed E-state index contributed by atoms with van der Waals surface area (Å²) >= 11 is 1.14. The van der Waals surface area contributed by atoms with Crippen LogP contribution in [0.5, 0.6) is 0 Å². The van der Waals surface area contributed by atoms with E-state index in [1.54, 1.807) is 0 Å². The van der Waals surface area contributed by atoms with E-state index in [-0.39, 0.29) is 10.8 Å². The second-order valence-electron chi connectivity index (χ2n) is 7.99. The van der Waals surface area contributed by atoms with E-state index >= 15 is 0 Å². The third-order valence-electron chi connectivity index (χ3n) is 4.93. The fourth-order valence-electron chi connectivity index (χ4n) is 3.45. The number of aromatic nitrogens is 3. The minimum absolute atomic E-state index is 0.0448. The molecule has 2 aromatic heterocycles. The Labute approximate surface area is 182 Å². The minimum Gasteiger partial charge on any atom is -0.598 e. The van der Waals surface area contributed by atoms with Crippen LogP contribution in [0.25, 0.3) is 5.65 Å². The van der Waals surface area contributed by atoms with Gasteiger partial charge in [-0.2, -0.15) is 0 Å². The Morgan fingerprint density at radius 3 is 2.82 bits per heavy atom. The first-order chi connectivity index (χ1) is 13.3. The van der Waals surface area contributed by atoms with Gasteiger partial charge in [0.1, 0.15) is 4.75 Å². The normalized spacial score (nSPS) is 18.8. The van der Waals surface area contributed by atoms with Crippen LogP contribution < -0.4 is 9.62 Å². The third kappa shape index (κ3) is 3.87. The van der Waals surface area contributed by atoms with E-state index in [1.807, 2.05) is 43.8 Å². The van der Waals surface area contributed by atoms with Crippen molar-refractivity contribution in [1.82, 2.24) is 19.1 Å². The molecule has 0 saturated heterocycles. The molecule has 1 unspecified atom stereocenters. The molecule has 2 atom stereocenters. The average molecular weight is 509 g/mol. The Balaban J connectivity index is 1.68. The molecule has 0 spiro atoms. The number of anilines is 1. The molecule has 0 radical (unpaired) electrons.